The maximum atomic E-state index is 13.5. The van der Waals surface area contributed by atoms with Gasteiger partial charge < -0.3 is 4.74 Å². The number of carbonyl (C=O) groups is 1. The highest BCUT2D eigenvalue weighted by Gasteiger charge is 2.52. The predicted octanol–water partition coefficient (Wildman–Crippen LogP) is 4.84. The van der Waals surface area contributed by atoms with Gasteiger partial charge in [-0.3, -0.25) is 0 Å². The Hall–Kier alpha value is -1.07. The zero-order valence-electron chi connectivity index (χ0n) is 12.8. The van der Waals surface area contributed by atoms with Crippen molar-refractivity contribution in [2.24, 2.45) is 11.8 Å². The molecule has 0 fully saturated rings. The minimum absolute atomic E-state index is 0.145. The summed E-state index contributed by atoms with van der Waals surface area (Å²) in [5.41, 5.74) is -3.15. The van der Waals surface area contributed by atoms with Crippen molar-refractivity contribution in [1.29, 1.82) is 0 Å². The lowest BCUT2D eigenvalue weighted by molar-refractivity contribution is -0.229. The summed E-state index contributed by atoms with van der Waals surface area (Å²) in [5, 5.41) is 0. The van der Waals surface area contributed by atoms with Crippen LogP contribution in [0.3, 0.4) is 0 Å². The first kappa shape index (κ1) is 19.9. The second-order valence-corrected chi connectivity index (χ2v) is 5.86. The summed E-state index contributed by atoms with van der Waals surface area (Å²) in [7, 11) is 0. The maximum absolute atomic E-state index is 13.5. The fourth-order valence-corrected chi connectivity index (χ4v) is 2.32. The normalized spacial score (nSPS) is 17.7. The van der Waals surface area contributed by atoms with Gasteiger partial charge in [0, 0.05) is 6.08 Å². The number of carbonyl (C=O) groups excluding carboxylic acids is 1. The van der Waals surface area contributed by atoms with Crippen molar-refractivity contribution in [3.63, 3.8) is 0 Å². The molecule has 0 aliphatic carbocycles. The Balaban J connectivity index is 4.02. The van der Waals surface area contributed by atoms with Gasteiger partial charge in [-0.25, -0.2) is 9.18 Å². The molecule has 21 heavy (non-hydrogen) atoms. The first-order valence-corrected chi connectivity index (χ1v) is 7.04. The van der Waals surface area contributed by atoms with E-state index >= 15 is 0 Å². The molecule has 0 aliphatic rings. The Kier molecular flexibility index (Phi) is 7.96. The van der Waals surface area contributed by atoms with E-state index in [-0.39, 0.29) is 18.4 Å². The van der Waals surface area contributed by atoms with E-state index in [1.54, 1.807) is 6.92 Å². The molecule has 0 aliphatic heterocycles. The lowest BCUT2D eigenvalue weighted by Gasteiger charge is -2.27. The Bertz CT molecular complexity index is 337. The molecule has 0 saturated carbocycles. The van der Waals surface area contributed by atoms with Crippen LogP contribution in [0, 0.1) is 11.8 Å². The van der Waals surface area contributed by atoms with Gasteiger partial charge in [-0.15, -0.1) is 0 Å². The minimum atomic E-state index is -4.83. The van der Waals surface area contributed by atoms with Crippen LogP contribution < -0.4 is 0 Å². The molecular formula is C15H24F4O2. The summed E-state index contributed by atoms with van der Waals surface area (Å²) in [6.45, 7) is 7.63. The SMILES string of the molecule is C=CC(=O)OCCCC(C)CC(C)CC(C)(F)C(F)(F)F. The third-order valence-electron chi connectivity index (χ3n) is 3.38. The summed E-state index contributed by atoms with van der Waals surface area (Å²) in [6, 6.07) is 0. The fraction of sp³-hybridized carbons (Fsp3) is 0.800. The van der Waals surface area contributed by atoms with Gasteiger partial charge in [0.2, 0.25) is 5.67 Å². The summed E-state index contributed by atoms with van der Waals surface area (Å²) >= 11 is 0. The van der Waals surface area contributed by atoms with E-state index in [4.69, 9.17) is 4.74 Å². The molecule has 0 heterocycles. The molecule has 0 saturated heterocycles. The lowest BCUT2D eigenvalue weighted by atomic mass is 9.86. The van der Waals surface area contributed by atoms with Crippen LogP contribution in [0.15, 0.2) is 12.7 Å². The van der Waals surface area contributed by atoms with E-state index < -0.39 is 24.2 Å². The molecule has 0 amide bonds. The molecule has 0 aromatic carbocycles. The quantitative estimate of drug-likeness (QED) is 0.263. The summed E-state index contributed by atoms with van der Waals surface area (Å²) in [4.78, 5) is 10.8. The molecule has 0 spiro atoms. The number of hydrogen-bond acceptors (Lipinski definition) is 2. The number of hydrogen-bond donors (Lipinski definition) is 0. The fourth-order valence-electron chi connectivity index (χ4n) is 2.32. The highest BCUT2D eigenvalue weighted by atomic mass is 19.4. The molecule has 0 bridgehead atoms. The molecular weight excluding hydrogens is 288 g/mol. The molecule has 0 N–H and O–H groups in total. The number of halogens is 4. The average Bonchev–Trinajstić information content (AvgIpc) is 2.31. The standard InChI is InChI=1S/C15H24F4O2/c1-5-13(20)21-8-6-7-11(2)9-12(3)10-14(4,16)15(17,18)19/h5,11-12H,1,6-10H2,2-4H3. The third kappa shape index (κ3) is 8.07. The van der Waals surface area contributed by atoms with Crippen LogP contribution in [-0.2, 0) is 9.53 Å². The van der Waals surface area contributed by atoms with Gasteiger partial charge >= 0.3 is 12.1 Å². The molecule has 6 heteroatoms. The van der Waals surface area contributed by atoms with Gasteiger partial charge in [0.25, 0.3) is 0 Å². The van der Waals surface area contributed by atoms with E-state index in [0.717, 1.165) is 6.08 Å². The van der Waals surface area contributed by atoms with Crippen molar-refractivity contribution in [2.75, 3.05) is 6.61 Å². The Labute approximate surface area is 123 Å². The number of alkyl halides is 4. The Morgan fingerprint density at radius 2 is 1.81 bits per heavy atom. The van der Waals surface area contributed by atoms with Gasteiger partial charge in [-0.1, -0.05) is 20.4 Å². The maximum Gasteiger partial charge on any atom is 0.422 e. The molecule has 0 aromatic rings. The second-order valence-electron chi connectivity index (χ2n) is 5.86. The van der Waals surface area contributed by atoms with Crippen molar-refractivity contribution in [1.82, 2.24) is 0 Å². The van der Waals surface area contributed by atoms with Crippen LogP contribution in [0.5, 0.6) is 0 Å². The summed E-state index contributed by atoms with van der Waals surface area (Å²) in [6.07, 6.45) is -2.45. The first-order valence-electron chi connectivity index (χ1n) is 7.04. The smallest absolute Gasteiger partial charge is 0.422 e. The lowest BCUT2D eigenvalue weighted by Crippen LogP contribution is -2.39. The molecule has 3 unspecified atom stereocenters. The number of rotatable bonds is 9. The zero-order chi connectivity index (χ0) is 16.7. The van der Waals surface area contributed by atoms with Gasteiger partial charge in [0.15, 0.2) is 0 Å². The van der Waals surface area contributed by atoms with E-state index in [9.17, 15) is 22.4 Å². The minimum Gasteiger partial charge on any atom is -0.463 e. The Morgan fingerprint density at radius 1 is 1.24 bits per heavy atom. The molecule has 0 aromatic heterocycles. The molecule has 0 rings (SSSR count). The largest absolute Gasteiger partial charge is 0.463 e. The van der Waals surface area contributed by atoms with Crippen LogP contribution in [0.4, 0.5) is 17.6 Å². The second kappa shape index (κ2) is 8.39. The van der Waals surface area contributed by atoms with Gasteiger partial charge in [0.05, 0.1) is 6.61 Å². The van der Waals surface area contributed by atoms with Crippen LogP contribution in [0.2, 0.25) is 0 Å². The Morgan fingerprint density at radius 3 is 2.29 bits per heavy atom. The van der Waals surface area contributed by atoms with Crippen molar-refractivity contribution in [3.05, 3.63) is 12.7 Å². The topological polar surface area (TPSA) is 26.3 Å². The highest BCUT2D eigenvalue weighted by Crippen LogP contribution is 2.39. The van der Waals surface area contributed by atoms with Crippen LogP contribution in [0.25, 0.3) is 0 Å². The highest BCUT2D eigenvalue weighted by molar-refractivity contribution is 5.81. The zero-order valence-corrected chi connectivity index (χ0v) is 12.8. The van der Waals surface area contributed by atoms with Crippen molar-refractivity contribution in [3.8, 4) is 0 Å². The van der Waals surface area contributed by atoms with Gasteiger partial charge in [-0.2, -0.15) is 13.2 Å². The molecule has 0 radical (unpaired) electrons. The molecule has 3 atom stereocenters. The van der Waals surface area contributed by atoms with Crippen molar-refractivity contribution in [2.45, 2.75) is 58.3 Å². The monoisotopic (exact) mass is 312 g/mol. The van der Waals surface area contributed by atoms with E-state index in [1.165, 1.54) is 0 Å². The van der Waals surface area contributed by atoms with Gasteiger partial charge in [-0.05, 0) is 44.4 Å². The van der Waals surface area contributed by atoms with Gasteiger partial charge in [0.1, 0.15) is 0 Å². The van der Waals surface area contributed by atoms with E-state index in [2.05, 4.69) is 6.58 Å². The predicted molar refractivity (Wildman–Crippen MR) is 73.5 cm³/mol. The van der Waals surface area contributed by atoms with Crippen molar-refractivity contribution < 1.29 is 27.1 Å². The average molecular weight is 312 g/mol. The van der Waals surface area contributed by atoms with Crippen LogP contribution in [0.1, 0.15) is 46.5 Å². The summed E-state index contributed by atoms with van der Waals surface area (Å²) < 4.78 is 55.7. The summed E-state index contributed by atoms with van der Waals surface area (Å²) in [5.74, 6) is -0.715. The number of esters is 1. The molecule has 2 nitrogen and oxygen atoms in total. The third-order valence-corrected chi connectivity index (χ3v) is 3.38. The first-order chi connectivity index (χ1) is 9.49. The van der Waals surface area contributed by atoms with Crippen LogP contribution in [-0.4, -0.2) is 24.4 Å². The number of ether oxygens (including phenoxy) is 1. The van der Waals surface area contributed by atoms with E-state index in [0.29, 0.717) is 26.2 Å². The van der Waals surface area contributed by atoms with Crippen LogP contribution >= 0.6 is 0 Å². The van der Waals surface area contributed by atoms with E-state index in [1.807, 2.05) is 6.92 Å². The van der Waals surface area contributed by atoms with Crippen molar-refractivity contribution >= 4 is 5.97 Å². The molecule has 124 valence electrons.